The van der Waals surface area contributed by atoms with Crippen molar-refractivity contribution >= 4 is 15.9 Å². The van der Waals surface area contributed by atoms with Crippen molar-refractivity contribution in [2.45, 2.75) is 36.0 Å². The molecule has 1 saturated carbocycles. The molecular weight excluding hydrogens is 348 g/mol. The molecule has 6 heteroatoms. The molecule has 0 unspecified atom stereocenters. The Labute approximate surface area is 154 Å². The monoisotopic (exact) mass is 372 g/mol. The van der Waals surface area contributed by atoms with Crippen molar-refractivity contribution in [1.82, 2.24) is 10.0 Å². The Hall–Kier alpha value is -2.18. The first-order chi connectivity index (χ1) is 12.5. The molecule has 0 spiro atoms. The van der Waals surface area contributed by atoms with Crippen LogP contribution in [0.2, 0.25) is 0 Å². The summed E-state index contributed by atoms with van der Waals surface area (Å²) in [6.07, 6.45) is 3.43. The highest BCUT2D eigenvalue weighted by Crippen LogP contribution is 2.43. The lowest BCUT2D eigenvalue weighted by molar-refractivity contribution is -0.121. The van der Waals surface area contributed by atoms with E-state index in [0.29, 0.717) is 6.54 Å². The minimum absolute atomic E-state index is 0.0282. The van der Waals surface area contributed by atoms with E-state index in [1.807, 2.05) is 18.2 Å². The average Bonchev–Trinajstić information content (AvgIpc) is 2.62. The normalized spacial score (nSPS) is 15.8. The third-order valence-corrected chi connectivity index (χ3v) is 6.50. The second-order valence-corrected chi connectivity index (χ2v) is 8.50. The van der Waals surface area contributed by atoms with Gasteiger partial charge in [0.15, 0.2) is 0 Å². The van der Waals surface area contributed by atoms with Gasteiger partial charge in [-0.05, 0) is 30.5 Å². The fourth-order valence-corrected chi connectivity index (χ4v) is 4.35. The fraction of sp³-hybridized carbons (Fsp3) is 0.350. The summed E-state index contributed by atoms with van der Waals surface area (Å²) in [5.41, 5.74) is 1.29. The van der Waals surface area contributed by atoms with Crippen molar-refractivity contribution in [3.05, 3.63) is 66.2 Å². The van der Waals surface area contributed by atoms with E-state index in [0.717, 1.165) is 12.8 Å². The van der Waals surface area contributed by atoms with E-state index in [-0.39, 0.29) is 29.2 Å². The van der Waals surface area contributed by atoms with E-state index in [4.69, 9.17) is 0 Å². The topological polar surface area (TPSA) is 75.3 Å². The number of hydrogen-bond donors (Lipinski definition) is 2. The first-order valence-corrected chi connectivity index (χ1v) is 10.4. The van der Waals surface area contributed by atoms with Gasteiger partial charge in [-0.3, -0.25) is 4.79 Å². The average molecular weight is 372 g/mol. The van der Waals surface area contributed by atoms with Crippen LogP contribution in [0.15, 0.2) is 65.6 Å². The van der Waals surface area contributed by atoms with Gasteiger partial charge in [0, 0.05) is 24.9 Å². The second kappa shape index (κ2) is 8.01. The molecule has 0 saturated heterocycles. The number of carbonyl (C=O) groups excluding carboxylic acids is 1. The zero-order valence-corrected chi connectivity index (χ0v) is 15.5. The highest BCUT2D eigenvalue weighted by atomic mass is 32.2. The number of carbonyl (C=O) groups is 1. The summed E-state index contributed by atoms with van der Waals surface area (Å²) in [4.78, 5) is 12.3. The predicted molar refractivity (Wildman–Crippen MR) is 101 cm³/mol. The first kappa shape index (κ1) is 18.6. The Balaban J connectivity index is 1.48. The molecule has 1 fully saturated rings. The van der Waals surface area contributed by atoms with Gasteiger partial charge < -0.3 is 5.32 Å². The third-order valence-electron chi connectivity index (χ3n) is 5.02. The van der Waals surface area contributed by atoms with Crippen molar-refractivity contribution in [3.63, 3.8) is 0 Å². The maximum Gasteiger partial charge on any atom is 0.240 e. The smallest absolute Gasteiger partial charge is 0.240 e. The summed E-state index contributed by atoms with van der Waals surface area (Å²) in [5, 5.41) is 2.98. The lowest BCUT2D eigenvalue weighted by Crippen LogP contribution is -2.46. The molecule has 0 bridgehead atoms. The van der Waals surface area contributed by atoms with Crippen molar-refractivity contribution in [2.75, 3.05) is 13.1 Å². The zero-order chi connectivity index (χ0) is 18.5. The Kier molecular flexibility index (Phi) is 5.74. The molecule has 26 heavy (non-hydrogen) atoms. The summed E-state index contributed by atoms with van der Waals surface area (Å²) >= 11 is 0. The number of benzene rings is 2. The third kappa shape index (κ3) is 4.31. The van der Waals surface area contributed by atoms with Crippen LogP contribution in [0.25, 0.3) is 0 Å². The Morgan fingerprint density at radius 3 is 2.15 bits per heavy atom. The molecule has 0 heterocycles. The van der Waals surface area contributed by atoms with Gasteiger partial charge in [-0.25, -0.2) is 13.1 Å². The minimum atomic E-state index is -3.57. The molecule has 138 valence electrons. The van der Waals surface area contributed by atoms with E-state index in [2.05, 4.69) is 22.2 Å². The molecule has 1 aliphatic rings. The van der Waals surface area contributed by atoms with Crippen LogP contribution in [0.5, 0.6) is 0 Å². The fourth-order valence-electron chi connectivity index (χ4n) is 3.30. The quantitative estimate of drug-likeness (QED) is 0.748. The van der Waals surface area contributed by atoms with Crippen LogP contribution in [-0.2, 0) is 20.2 Å². The van der Waals surface area contributed by atoms with Crippen molar-refractivity contribution in [2.24, 2.45) is 0 Å². The molecule has 1 amide bonds. The van der Waals surface area contributed by atoms with E-state index >= 15 is 0 Å². The summed E-state index contributed by atoms with van der Waals surface area (Å²) in [6, 6.07) is 18.4. The van der Waals surface area contributed by atoms with Crippen LogP contribution in [0.3, 0.4) is 0 Å². The minimum Gasteiger partial charge on any atom is -0.355 e. The molecule has 5 nitrogen and oxygen atoms in total. The van der Waals surface area contributed by atoms with Crippen molar-refractivity contribution < 1.29 is 13.2 Å². The van der Waals surface area contributed by atoms with Gasteiger partial charge in [0.25, 0.3) is 0 Å². The van der Waals surface area contributed by atoms with Gasteiger partial charge in [-0.15, -0.1) is 0 Å². The summed E-state index contributed by atoms with van der Waals surface area (Å²) in [5.74, 6) is -0.136. The molecule has 2 N–H and O–H groups in total. The number of sulfonamides is 1. The van der Waals surface area contributed by atoms with Gasteiger partial charge in [-0.1, -0.05) is 55.0 Å². The van der Waals surface area contributed by atoms with Gasteiger partial charge >= 0.3 is 0 Å². The van der Waals surface area contributed by atoms with Crippen molar-refractivity contribution in [3.8, 4) is 0 Å². The molecular formula is C20H24N2O3S. The van der Waals surface area contributed by atoms with Gasteiger partial charge in [-0.2, -0.15) is 0 Å². The largest absolute Gasteiger partial charge is 0.355 e. The molecule has 0 atom stereocenters. The predicted octanol–water partition coefficient (Wildman–Crippen LogP) is 2.59. The molecule has 2 aromatic carbocycles. The molecule has 0 radical (unpaired) electrons. The second-order valence-electron chi connectivity index (χ2n) is 6.74. The van der Waals surface area contributed by atoms with Crippen LogP contribution in [-0.4, -0.2) is 27.4 Å². The first-order valence-electron chi connectivity index (χ1n) is 8.89. The Morgan fingerprint density at radius 1 is 0.962 bits per heavy atom. The number of amides is 1. The zero-order valence-electron chi connectivity index (χ0n) is 14.6. The summed E-state index contributed by atoms with van der Waals surface area (Å²) < 4.78 is 26.7. The van der Waals surface area contributed by atoms with E-state index in [9.17, 15) is 13.2 Å². The van der Waals surface area contributed by atoms with Gasteiger partial charge in [0.1, 0.15) is 0 Å². The van der Waals surface area contributed by atoms with Crippen LogP contribution < -0.4 is 10.0 Å². The molecule has 2 aromatic rings. The van der Waals surface area contributed by atoms with E-state index in [1.165, 1.54) is 24.1 Å². The Morgan fingerprint density at radius 2 is 1.58 bits per heavy atom. The lowest BCUT2D eigenvalue weighted by atomic mass is 9.64. The van der Waals surface area contributed by atoms with Crippen LogP contribution >= 0.6 is 0 Å². The lowest BCUT2D eigenvalue weighted by Gasteiger charge is -2.42. The maximum atomic E-state index is 12.1. The van der Waals surface area contributed by atoms with Crippen LogP contribution in [0.4, 0.5) is 0 Å². The van der Waals surface area contributed by atoms with Crippen molar-refractivity contribution in [1.29, 1.82) is 0 Å². The summed E-state index contributed by atoms with van der Waals surface area (Å²) in [7, 11) is -3.57. The SMILES string of the molecule is O=C(CCNS(=O)(=O)c1ccccc1)NCC1(c2ccccc2)CCC1. The Bertz CT molecular complexity index is 832. The van der Waals surface area contributed by atoms with E-state index in [1.54, 1.807) is 18.2 Å². The standard InChI is InChI=1S/C20H24N2O3S/c23-19(12-15-22-26(24,25)18-10-5-2-6-11-18)21-16-20(13-7-14-20)17-8-3-1-4-9-17/h1-6,8-11,22H,7,12-16H2,(H,21,23). The van der Waals surface area contributed by atoms with Gasteiger partial charge in [0.2, 0.25) is 15.9 Å². The number of hydrogen-bond acceptors (Lipinski definition) is 3. The van der Waals surface area contributed by atoms with Gasteiger partial charge in [0.05, 0.1) is 4.90 Å². The summed E-state index contributed by atoms with van der Waals surface area (Å²) in [6.45, 7) is 0.683. The molecule has 0 aliphatic heterocycles. The number of nitrogens with one attached hydrogen (secondary N) is 2. The maximum absolute atomic E-state index is 12.1. The van der Waals surface area contributed by atoms with Crippen LogP contribution in [0.1, 0.15) is 31.2 Å². The number of rotatable bonds is 8. The van der Waals surface area contributed by atoms with Crippen LogP contribution in [0, 0.1) is 0 Å². The molecule has 1 aliphatic carbocycles. The molecule has 0 aromatic heterocycles. The van der Waals surface area contributed by atoms with E-state index < -0.39 is 10.0 Å². The highest BCUT2D eigenvalue weighted by molar-refractivity contribution is 7.89. The molecule has 3 rings (SSSR count). The highest BCUT2D eigenvalue weighted by Gasteiger charge is 2.38.